The second-order valence-electron chi connectivity index (χ2n) is 7.12. The highest BCUT2D eigenvalue weighted by molar-refractivity contribution is 7.15. The van der Waals surface area contributed by atoms with Crippen molar-refractivity contribution in [1.29, 1.82) is 0 Å². The highest BCUT2D eigenvalue weighted by atomic mass is 32.1. The zero-order valence-corrected chi connectivity index (χ0v) is 14.1. The summed E-state index contributed by atoms with van der Waals surface area (Å²) in [6, 6.07) is 0.159. The lowest BCUT2D eigenvalue weighted by molar-refractivity contribution is 0.325. The number of thiazole rings is 1. The van der Waals surface area contributed by atoms with Crippen LogP contribution in [0.25, 0.3) is 4.96 Å². The minimum absolute atomic E-state index is 0.159. The van der Waals surface area contributed by atoms with Gasteiger partial charge in [0.2, 0.25) is 0 Å². The molecule has 0 radical (unpaired) electrons. The van der Waals surface area contributed by atoms with Crippen LogP contribution in [0.1, 0.15) is 45.7 Å². The normalized spacial score (nSPS) is 20.7. The monoisotopic (exact) mass is 306 g/mol. The zero-order chi connectivity index (χ0) is 15.0. The number of hydrogen-bond acceptors (Lipinski definition) is 4. The molecule has 21 heavy (non-hydrogen) atoms. The van der Waals surface area contributed by atoms with Gasteiger partial charge in [-0.3, -0.25) is 4.40 Å². The number of fused-ring (bicyclic) bond motifs is 1. The van der Waals surface area contributed by atoms with Crippen LogP contribution in [-0.2, 0) is 6.42 Å². The summed E-state index contributed by atoms with van der Waals surface area (Å²) in [5, 5.41) is 2.10. The molecule has 5 heteroatoms. The summed E-state index contributed by atoms with van der Waals surface area (Å²) < 4.78 is 2.22. The highest BCUT2D eigenvalue weighted by Crippen LogP contribution is 2.33. The third kappa shape index (κ3) is 3.09. The predicted molar refractivity (Wildman–Crippen MR) is 90.3 cm³/mol. The van der Waals surface area contributed by atoms with Gasteiger partial charge >= 0.3 is 0 Å². The van der Waals surface area contributed by atoms with E-state index >= 15 is 0 Å². The van der Waals surface area contributed by atoms with Gasteiger partial charge in [0.05, 0.1) is 5.69 Å². The van der Waals surface area contributed by atoms with E-state index in [-0.39, 0.29) is 6.04 Å². The van der Waals surface area contributed by atoms with Crippen molar-refractivity contribution < 1.29 is 0 Å². The van der Waals surface area contributed by atoms with Crippen LogP contribution in [0, 0.1) is 5.41 Å². The van der Waals surface area contributed by atoms with E-state index in [1.807, 2.05) is 0 Å². The summed E-state index contributed by atoms with van der Waals surface area (Å²) in [4.78, 5) is 8.46. The Morgan fingerprint density at radius 2 is 2.19 bits per heavy atom. The summed E-state index contributed by atoms with van der Waals surface area (Å²) in [5.41, 5.74) is 7.79. The molecule has 1 aliphatic rings. The number of nitrogens with two attached hydrogens (primary N) is 1. The highest BCUT2D eigenvalue weighted by Gasteiger charge is 2.26. The van der Waals surface area contributed by atoms with E-state index < -0.39 is 0 Å². The van der Waals surface area contributed by atoms with Crippen LogP contribution < -0.4 is 10.6 Å². The fourth-order valence-electron chi connectivity index (χ4n) is 3.20. The third-order valence-corrected chi connectivity index (χ3v) is 5.25. The van der Waals surface area contributed by atoms with E-state index in [1.54, 1.807) is 11.3 Å². The molecule has 2 N–H and O–H groups in total. The summed E-state index contributed by atoms with van der Waals surface area (Å²) >= 11 is 1.70. The summed E-state index contributed by atoms with van der Waals surface area (Å²) in [6.07, 6.45) is 6.78. The molecule has 0 amide bonds. The van der Waals surface area contributed by atoms with E-state index in [1.165, 1.54) is 25.0 Å². The van der Waals surface area contributed by atoms with Crippen LogP contribution in [-0.4, -0.2) is 28.5 Å². The average Bonchev–Trinajstić information content (AvgIpc) is 2.91. The molecule has 0 bridgehead atoms. The van der Waals surface area contributed by atoms with Gasteiger partial charge in [0.15, 0.2) is 10.8 Å². The number of imidazole rings is 1. The fraction of sp³-hybridized carbons (Fsp3) is 0.688. The molecular weight excluding hydrogens is 280 g/mol. The Bertz CT molecular complexity index is 611. The Kier molecular flexibility index (Phi) is 3.97. The standard InChI is InChI=1S/C16H26N4S/c1-12(17)11-13-14(18-15-20(13)9-10-21-15)19-7-4-5-16(2,3)6-8-19/h9-10,12H,4-8,11,17H2,1-3H3. The Morgan fingerprint density at radius 3 is 2.95 bits per heavy atom. The van der Waals surface area contributed by atoms with E-state index in [2.05, 4.69) is 41.6 Å². The largest absolute Gasteiger partial charge is 0.355 e. The molecule has 1 atom stereocenters. The number of nitrogens with zero attached hydrogens (tertiary/aromatic N) is 3. The first-order valence-electron chi connectivity index (χ1n) is 7.91. The number of aromatic nitrogens is 2. The number of anilines is 1. The fourth-order valence-corrected chi connectivity index (χ4v) is 3.93. The second-order valence-corrected chi connectivity index (χ2v) is 8.00. The van der Waals surface area contributed by atoms with Gasteiger partial charge in [-0.1, -0.05) is 13.8 Å². The first kappa shape index (κ1) is 14.9. The predicted octanol–water partition coefficient (Wildman–Crippen LogP) is 3.30. The molecule has 2 aromatic heterocycles. The lowest BCUT2D eigenvalue weighted by Crippen LogP contribution is -2.28. The molecule has 0 saturated carbocycles. The van der Waals surface area contributed by atoms with Crippen LogP contribution in [0.3, 0.4) is 0 Å². The Morgan fingerprint density at radius 1 is 1.38 bits per heavy atom. The van der Waals surface area contributed by atoms with Crippen LogP contribution in [0.15, 0.2) is 11.6 Å². The van der Waals surface area contributed by atoms with Gasteiger partial charge in [-0.05, 0) is 31.6 Å². The maximum absolute atomic E-state index is 6.06. The molecule has 116 valence electrons. The Balaban J connectivity index is 1.93. The Labute approximate surface area is 131 Å². The van der Waals surface area contributed by atoms with E-state index in [0.29, 0.717) is 5.41 Å². The minimum Gasteiger partial charge on any atom is -0.355 e. The van der Waals surface area contributed by atoms with Gasteiger partial charge in [-0.15, -0.1) is 11.3 Å². The summed E-state index contributed by atoms with van der Waals surface area (Å²) in [5.74, 6) is 1.16. The molecule has 3 rings (SSSR count). The molecule has 2 aromatic rings. The van der Waals surface area contributed by atoms with Gasteiger partial charge in [-0.2, -0.15) is 0 Å². The van der Waals surface area contributed by atoms with E-state index in [4.69, 9.17) is 10.7 Å². The molecule has 1 fully saturated rings. The minimum atomic E-state index is 0.159. The van der Waals surface area contributed by atoms with Crippen LogP contribution in [0.4, 0.5) is 5.82 Å². The van der Waals surface area contributed by atoms with E-state index in [9.17, 15) is 0 Å². The number of rotatable bonds is 3. The topological polar surface area (TPSA) is 46.6 Å². The van der Waals surface area contributed by atoms with Crippen molar-refractivity contribution in [2.75, 3.05) is 18.0 Å². The maximum Gasteiger partial charge on any atom is 0.195 e. The average molecular weight is 306 g/mol. The maximum atomic E-state index is 6.06. The van der Waals surface area contributed by atoms with Crippen molar-refractivity contribution in [3.63, 3.8) is 0 Å². The SMILES string of the molecule is CC(N)Cc1c(N2CCCC(C)(C)CC2)nc2sccn12. The Hall–Kier alpha value is -1.07. The molecule has 1 aliphatic heterocycles. The van der Waals surface area contributed by atoms with Gasteiger partial charge < -0.3 is 10.6 Å². The van der Waals surface area contributed by atoms with Crippen LogP contribution in [0.2, 0.25) is 0 Å². The quantitative estimate of drug-likeness (QED) is 0.946. The first-order chi connectivity index (χ1) is 9.96. The van der Waals surface area contributed by atoms with Crippen molar-refractivity contribution in [2.45, 2.75) is 52.5 Å². The molecular formula is C16H26N4S. The van der Waals surface area contributed by atoms with Crippen LogP contribution in [0.5, 0.6) is 0 Å². The lowest BCUT2D eigenvalue weighted by Gasteiger charge is -2.24. The van der Waals surface area contributed by atoms with Crippen molar-refractivity contribution in [3.05, 3.63) is 17.3 Å². The van der Waals surface area contributed by atoms with Gasteiger partial charge in [0.1, 0.15) is 0 Å². The number of hydrogen-bond donors (Lipinski definition) is 1. The molecule has 4 nitrogen and oxygen atoms in total. The van der Waals surface area contributed by atoms with Crippen molar-refractivity contribution >= 4 is 22.1 Å². The molecule has 1 saturated heterocycles. The first-order valence-corrected chi connectivity index (χ1v) is 8.79. The third-order valence-electron chi connectivity index (χ3n) is 4.49. The van der Waals surface area contributed by atoms with Crippen molar-refractivity contribution in [3.8, 4) is 0 Å². The molecule has 0 aromatic carbocycles. The summed E-state index contributed by atoms with van der Waals surface area (Å²) in [7, 11) is 0. The molecule has 0 spiro atoms. The van der Waals surface area contributed by atoms with Crippen LogP contribution >= 0.6 is 11.3 Å². The molecule has 1 unspecified atom stereocenters. The van der Waals surface area contributed by atoms with Gasteiger partial charge in [0.25, 0.3) is 0 Å². The van der Waals surface area contributed by atoms with Crippen molar-refractivity contribution in [2.24, 2.45) is 11.1 Å². The van der Waals surface area contributed by atoms with Gasteiger partial charge in [-0.25, -0.2) is 4.98 Å². The van der Waals surface area contributed by atoms with Crippen molar-refractivity contribution in [1.82, 2.24) is 9.38 Å². The van der Waals surface area contributed by atoms with E-state index in [0.717, 1.165) is 30.3 Å². The zero-order valence-electron chi connectivity index (χ0n) is 13.3. The molecule has 3 heterocycles. The smallest absolute Gasteiger partial charge is 0.195 e. The summed E-state index contributed by atoms with van der Waals surface area (Å²) in [6.45, 7) is 9.04. The lowest BCUT2D eigenvalue weighted by atomic mass is 9.85. The van der Waals surface area contributed by atoms with Gasteiger partial charge in [0, 0.05) is 37.1 Å². The second kappa shape index (κ2) is 5.61. The molecule has 0 aliphatic carbocycles.